The molecular weight excluding hydrogens is 370 g/mol. The van der Waals surface area contributed by atoms with Crippen molar-refractivity contribution in [2.75, 3.05) is 20.8 Å². The molecule has 0 atom stereocenters. The quantitative estimate of drug-likeness (QED) is 0.479. The molecule has 0 unspecified atom stereocenters. The molecule has 0 amide bonds. The summed E-state index contributed by atoms with van der Waals surface area (Å²) in [6, 6.07) is 5.38. The molecule has 0 aliphatic rings. The number of hydrogen-bond donors (Lipinski definition) is 0. The molecule has 1 aromatic heterocycles. The van der Waals surface area contributed by atoms with E-state index < -0.39 is 11.9 Å². The number of ether oxygens (including phenoxy) is 3. The zero-order chi connectivity index (χ0) is 22.0. The second-order valence-corrected chi connectivity index (χ2v) is 5.81. The molecule has 0 radical (unpaired) electrons. The average Bonchev–Trinajstić information content (AvgIpc) is 3.03. The molecule has 6 nitrogen and oxygen atoms in total. The van der Waals surface area contributed by atoms with Gasteiger partial charge in [-0.3, -0.25) is 0 Å². The molecule has 1 aromatic carbocycles. The first-order valence-electron chi connectivity index (χ1n) is 9.31. The Labute approximate surface area is 172 Å². The lowest BCUT2D eigenvalue weighted by Gasteiger charge is -2.09. The van der Waals surface area contributed by atoms with Crippen LogP contribution < -0.4 is 4.74 Å². The average molecular weight is 399 g/mol. The lowest BCUT2D eigenvalue weighted by molar-refractivity contribution is -0.142. The number of nitrogens with zero attached hydrogens (tertiary/aromatic N) is 1. The lowest BCUT2D eigenvalue weighted by Crippen LogP contribution is -2.13. The fourth-order valence-corrected chi connectivity index (χ4v) is 2.82. The normalized spacial score (nSPS) is 10.2. The number of carbonyl (C=O) groups is 2. The number of fused-ring (bicyclic) bond motifs is 1. The molecule has 2 rings (SSSR count). The van der Waals surface area contributed by atoms with Gasteiger partial charge in [-0.25, -0.2) is 9.59 Å². The van der Waals surface area contributed by atoms with Gasteiger partial charge in [-0.1, -0.05) is 51.3 Å². The number of methoxy groups -OCH3 is 2. The van der Waals surface area contributed by atoms with E-state index in [1.54, 1.807) is 24.3 Å². The molecule has 2 aromatic rings. The van der Waals surface area contributed by atoms with Crippen molar-refractivity contribution in [1.82, 2.24) is 4.57 Å². The Kier molecular flexibility index (Phi) is 9.45. The Morgan fingerprint density at radius 2 is 1.86 bits per heavy atom. The minimum Gasteiger partial charge on any atom is -0.481 e. The number of allylic oxidation sites excluding steroid dienone is 4. The van der Waals surface area contributed by atoms with Crippen LogP contribution in [-0.2, 0) is 20.8 Å². The maximum absolute atomic E-state index is 12.4. The van der Waals surface area contributed by atoms with E-state index in [4.69, 9.17) is 9.47 Å². The summed E-state index contributed by atoms with van der Waals surface area (Å²) in [5.41, 5.74) is 2.74. The van der Waals surface area contributed by atoms with Crippen molar-refractivity contribution in [2.45, 2.75) is 27.3 Å². The number of esters is 2. The van der Waals surface area contributed by atoms with Gasteiger partial charge in [-0.2, -0.15) is 0 Å². The summed E-state index contributed by atoms with van der Waals surface area (Å²) in [5, 5.41) is 0.589. The monoisotopic (exact) mass is 399 g/mol. The maximum atomic E-state index is 12.4. The van der Waals surface area contributed by atoms with Gasteiger partial charge in [0.1, 0.15) is 5.75 Å². The van der Waals surface area contributed by atoms with Crippen LogP contribution in [0.15, 0.2) is 55.2 Å². The molecule has 1 heterocycles. The summed E-state index contributed by atoms with van der Waals surface area (Å²) < 4.78 is 17.1. The van der Waals surface area contributed by atoms with Gasteiger partial charge in [0.25, 0.3) is 0 Å². The van der Waals surface area contributed by atoms with Crippen molar-refractivity contribution in [3.8, 4) is 5.75 Å². The summed E-state index contributed by atoms with van der Waals surface area (Å²) in [4.78, 5) is 23.9. The van der Waals surface area contributed by atoms with Crippen LogP contribution >= 0.6 is 0 Å². The number of carbonyl (C=O) groups excluding carboxylic acids is 2. The van der Waals surface area contributed by atoms with Crippen molar-refractivity contribution < 1.29 is 23.8 Å². The fraction of sp³-hybridized carbons (Fsp3) is 0.304. The minimum atomic E-state index is -0.509. The van der Waals surface area contributed by atoms with Crippen molar-refractivity contribution >= 4 is 22.8 Å². The standard InChI is InChI=1S/C21H23NO5.C2H6/c1-6-7-9-14(2)12-22-15(3)19(21(24)26-5)20-16(22)10-8-11-17(20)27-13-18(23)25-4;1-2/h6-11H,1-2,12-13H2,3-5H3;1-2H3/b9-7-;. The molecule has 6 heteroatoms. The minimum absolute atomic E-state index is 0.255. The van der Waals surface area contributed by atoms with Gasteiger partial charge in [0.05, 0.1) is 30.7 Å². The summed E-state index contributed by atoms with van der Waals surface area (Å²) in [7, 11) is 2.61. The second-order valence-electron chi connectivity index (χ2n) is 5.81. The molecule has 0 N–H and O–H groups in total. The van der Waals surface area contributed by atoms with E-state index in [0.717, 1.165) is 16.8 Å². The number of rotatable bonds is 8. The van der Waals surface area contributed by atoms with Gasteiger partial charge >= 0.3 is 11.9 Å². The van der Waals surface area contributed by atoms with E-state index in [1.807, 2.05) is 37.5 Å². The first-order chi connectivity index (χ1) is 13.9. The highest BCUT2D eigenvalue weighted by molar-refractivity contribution is 6.08. The SMILES string of the molecule is C=C/C=C\C(=C)Cn1c(C)c(C(=O)OC)c2c(OCC(=O)OC)cccc21.CC. The van der Waals surface area contributed by atoms with E-state index in [2.05, 4.69) is 17.9 Å². The van der Waals surface area contributed by atoms with Gasteiger partial charge in [-0.05, 0) is 24.6 Å². The molecular formula is C23H29NO5. The van der Waals surface area contributed by atoms with Crippen molar-refractivity contribution in [1.29, 1.82) is 0 Å². The van der Waals surface area contributed by atoms with Crippen molar-refractivity contribution in [3.63, 3.8) is 0 Å². The Morgan fingerprint density at radius 3 is 2.45 bits per heavy atom. The number of benzene rings is 1. The van der Waals surface area contributed by atoms with E-state index in [0.29, 0.717) is 23.2 Å². The van der Waals surface area contributed by atoms with Crippen LogP contribution in [0.25, 0.3) is 10.9 Å². The predicted octanol–water partition coefficient (Wildman–Crippen LogP) is 4.61. The van der Waals surface area contributed by atoms with E-state index in [-0.39, 0.29) is 6.61 Å². The second kappa shape index (κ2) is 11.5. The van der Waals surface area contributed by atoms with Crippen molar-refractivity contribution in [3.05, 3.63) is 66.4 Å². The van der Waals surface area contributed by atoms with Crippen LogP contribution in [0.5, 0.6) is 5.75 Å². The third kappa shape index (κ3) is 5.60. The van der Waals surface area contributed by atoms with Gasteiger partial charge in [0.15, 0.2) is 6.61 Å². The highest BCUT2D eigenvalue weighted by Crippen LogP contribution is 2.34. The smallest absolute Gasteiger partial charge is 0.343 e. The first kappa shape index (κ1) is 23.8. The Balaban J connectivity index is 0.00000204. The first-order valence-corrected chi connectivity index (χ1v) is 9.31. The maximum Gasteiger partial charge on any atom is 0.343 e. The van der Waals surface area contributed by atoms with Crippen molar-refractivity contribution in [2.24, 2.45) is 0 Å². The Bertz CT molecular complexity index is 921. The highest BCUT2D eigenvalue weighted by Gasteiger charge is 2.24. The molecule has 0 spiro atoms. The summed E-state index contributed by atoms with van der Waals surface area (Å²) in [6.07, 6.45) is 5.33. The molecule has 29 heavy (non-hydrogen) atoms. The predicted molar refractivity (Wildman–Crippen MR) is 115 cm³/mol. The molecule has 0 aliphatic carbocycles. The third-order valence-electron chi connectivity index (χ3n) is 4.10. The highest BCUT2D eigenvalue weighted by atomic mass is 16.6. The molecule has 0 aliphatic heterocycles. The number of hydrogen-bond acceptors (Lipinski definition) is 5. The molecule has 156 valence electrons. The van der Waals surface area contributed by atoms with Gasteiger partial charge in [0, 0.05) is 12.2 Å². The molecule has 0 fully saturated rings. The van der Waals surface area contributed by atoms with E-state index >= 15 is 0 Å². The Hall–Kier alpha value is -3.28. The Morgan fingerprint density at radius 1 is 1.17 bits per heavy atom. The lowest BCUT2D eigenvalue weighted by atomic mass is 10.1. The zero-order valence-electron chi connectivity index (χ0n) is 17.8. The zero-order valence-corrected chi connectivity index (χ0v) is 17.8. The third-order valence-corrected chi connectivity index (χ3v) is 4.10. The largest absolute Gasteiger partial charge is 0.481 e. The van der Waals surface area contributed by atoms with Crippen LogP contribution in [-0.4, -0.2) is 37.3 Å². The summed E-state index contributed by atoms with van der Waals surface area (Å²) in [5.74, 6) is -0.573. The van der Waals surface area contributed by atoms with Crippen LogP contribution in [0.3, 0.4) is 0 Å². The molecule has 0 saturated heterocycles. The van der Waals surface area contributed by atoms with Crippen LogP contribution in [0, 0.1) is 6.92 Å². The molecule has 0 saturated carbocycles. The van der Waals surface area contributed by atoms with Gasteiger partial charge < -0.3 is 18.8 Å². The van der Waals surface area contributed by atoms with Crippen LogP contribution in [0.2, 0.25) is 0 Å². The topological polar surface area (TPSA) is 66.8 Å². The van der Waals surface area contributed by atoms with Crippen LogP contribution in [0.1, 0.15) is 29.9 Å². The fourth-order valence-electron chi connectivity index (χ4n) is 2.82. The number of aromatic nitrogens is 1. The van der Waals surface area contributed by atoms with Gasteiger partial charge in [-0.15, -0.1) is 0 Å². The van der Waals surface area contributed by atoms with E-state index in [1.165, 1.54) is 14.2 Å². The summed E-state index contributed by atoms with van der Waals surface area (Å²) in [6.45, 7) is 13.7. The summed E-state index contributed by atoms with van der Waals surface area (Å²) >= 11 is 0. The van der Waals surface area contributed by atoms with Gasteiger partial charge in [0.2, 0.25) is 0 Å². The molecule has 0 bridgehead atoms. The van der Waals surface area contributed by atoms with E-state index in [9.17, 15) is 9.59 Å². The van der Waals surface area contributed by atoms with Crippen LogP contribution in [0.4, 0.5) is 0 Å².